The summed E-state index contributed by atoms with van der Waals surface area (Å²) in [4.78, 5) is 18.5. The van der Waals surface area contributed by atoms with E-state index < -0.39 is 0 Å². The number of pyridine rings is 1. The van der Waals surface area contributed by atoms with Crippen molar-refractivity contribution >= 4 is 23.5 Å². The van der Waals surface area contributed by atoms with Crippen LogP contribution < -0.4 is 5.73 Å². The minimum atomic E-state index is 0.0824. The van der Waals surface area contributed by atoms with Crippen molar-refractivity contribution < 1.29 is 10.0 Å². The molecule has 1 unspecified atom stereocenters. The van der Waals surface area contributed by atoms with Gasteiger partial charge in [-0.05, 0) is 23.8 Å². The van der Waals surface area contributed by atoms with Gasteiger partial charge in [-0.15, -0.1) is 0 Å². The molecule has 2 heterocycles. The van der Waals surface area contributed by atoms with Gasteiger partial charge in [0.15, 0.2) is 0 Å². The topological polar surface area (TPSA) is 91.8 Å². The number of amidine groups is 1. The molecule has 1 aliphatic rings. The Bertz CT molecular complexity index is 489. The van der Waals surface area contributed by atoms with Gasteiger partial charge in [0.05, 0.1) is 0 Å². The average molecular weight is 308 g/mol. The summed E-state index contributed by atoms with van der Waals surface area (Å²) in [6, 6.07) is 3.80. The van der Waals surface area contributed by atoms with Gasteiger partial charge in [-0.3, -0.25) is 9.78 Å². The number of nitrogens with zero attached hydrogens (tertiary/aromatic N) is 3. The number of hydrogen-bond acceptors (Lipinski definition) is 5. The number of hydrogen-bond donors (Lipinski definition) is 2. The number of oxime groups is 1. The minimum absolute atomic E-state index is 0.0824. The summed E-state index contributed by atoms with van der Waals surface area (Å²) in [7, 11) is 0. The van der Waals surface area contributed by atoms with Crippen LogP contribution in [0.2, 0.25) is 0 Å². The van der Waals surface area contributed by atoms with Crippen LogP contribution in [-0.4, -0.2) is 44.9 Å². The predicted octanol–water partition coefficient (Wildman–Crippen LogP) is 1.30. The maximum atomic E-state index is 12.6. The molecule has 1 amide bonds. The predicted molar refractivity (Wildman–Crippen MR) is 83.1 cm³/mol. The third-order valence-corrected chi connectivity index (χ3v) is 4.62. The van der Waals surface area contributed by atoms with Crippen LogP contribution in [0.4, 0.5) is 0 Å². The van der Waals surface area contributed by atoms with E-state index in [1.807, 2.05) is 23.9 Å². The largest absolute Gasteiger partial charge is 0.409 e. The third kappa shape index (κ3) is 4.63. The monoisotopic (exact) mass is 308 g/mol. The van der Waals surface area contributed by atoms with Crippen molar-refractivity contribution in [3.05, 3.63) is 30.1 Å². The Morgan fingerprint density at radius 2 is 2.48 bits per heavy atom. The Kier molecular flexibility index (Phi) is 5.86. The van der Waals surface area contributed by atoms with Crippen molar-refractivity contribution in [3.63, 3.8) is 0 Å². The number of carbonyl (C=O) groups is 1. The summed E-state index contributed by atoms with van der Waals surface area (Å²) in [5.41, 5.74) is 6.50. The summed E-state index contributed by atoms with van der Waals surface area (Å²) >= 11 is 1.81. The number of thioether (sulfide) groups is 1. The number of rotatable bonds is 6. The summed E-state index contributed by atoms with van der Waals surface area (Å²) in [5.74, 6) is 2.29. The molecule has 1 saturated heterocycles. The van der Waals surface area contributed by atoms with Crippen molar-refractivity contribution in [2.24, 2.45) is 16.8 Å². The van der Waals surface area contributed by atoms with E-state index in [0.717, 1.165) is 23.5 Å². The van der Waals surface area contributed by atoms with Gasteiger partial charge in [-0.1, -0.05) is 11.2 Å². The molecule has 0 spiro atoms. The molecule has 6 nitrogen and oxygen atoms in total. The third-order valence-electron chi connectivity index (χ3n) is 3.45. The highest BCUT2D eigenvalue weighted by molar-refractivity contribution is 7.99. The van der Waals surface area contributed by atoms with Crippen LogP contribution in [0.3, 0.4) is 0 Å². The maximum Gasteiger partial charge on any atom is 0.226 e. The van der Waals surface area contributed by atoms with E-state index in [0.29, 0.717) is 19.5 Å². The first-order valence-corrected chi connectivity index (χ1v) is 8.08. The number of nitrogens with two attached hydrogens (primary N) is 1. The second kappa shape index (κ2) is 7.87. The quantitative estimate of drug-likeness (QED) is 0.358. The highest BCUT2D eigenvalue weighted by Crippen LogP contribution is 2.25. The van der Waals surface area contributed by atoms with E-state index in [1.165, 1.54) is 0 Å². The van der Waals surface area contributed by atoms with E-state index in [9.17, 15) is 4.79 Å². The van der Waals surface area contributed by atoms with E-state index >= 15 is 0 Å². The van der Waals surface area contributed by atoms with Crippen molar-refractivity contribution in [2.75, 3.05) is 18.1 Å². The Hall–Kier alpha value is -1.76. The van der Waals surface area contributed by atoms with Crippen molar-refractivity contribution in [1.82, 2.24) is 9.88 Å². The fraction of sp³-hybridized carbons (Fsp3) is 0.500. The van der Waals surface area contributed by atoms with E-state index in [-0.39, 0.29) is 17.7 Å². The molecule has 0 aliphatic carbocycles. The Balaban J connectivity index is 2.03. The van der Waals surface area contributed by atoms with Crippen LogP contribution in [0.5, 0.6) is 0 Å². The Morgan fingerprint density at radius 3 is 3.10 bits per heavy atom. The van der Waals surface area contributed by atoms with Gasteiger partial charge in [-0.2, -0.15) is 11.8 Å². The van der Waals surface area contributed by atoms with Gasteiger partial charge in [0.1, 0.15) is 5.84 Å². The van der Waals surface area contributed by atoms with Crippen LogP contribution in [-0.2, 0) is 11.3 Å². The maximum absolute atomic E-state index is 12.6. The van der Waals surface area contributed by atoms with Crippen molar-refractivity contribution in [3.8, 4) is 0 Å². The Labute approximate surface area is 128 Å². The fourth-order valence-electron chi connectivity index (χ4n) is 2.27. The van der Waals surface area contributed by atoms with Gasteiger partial charge in [0.2, 0.25) is 5.91 Å². The van der Waals surface area contributed by atoms with Gasteiger partial charge in [0.25, 0.3) is 0 Å². The normalized spacial score (nSPS) is 18.7. The first kappa shape index (κ1) is 15.6. The molecular formula is C14H20N4O2S. The zero-order valence-electron chi connectivity index (χ0n) is 11.8. The molecule has 2 rings (SSSR count). The standard InChI is InChI=1S/C14H20N4O2S/c15-13(17-20)3-6-18(9-11-2-1-5-16-8-11)14(19)12-4-7-21-10-12/h1-2,5,8,12,20H,3-4,6-7,9-10H2,(H2,15,17). The second-order valence-corrected chi connectivity index (χ2v) is 6.17. The molecule has 1 atom stereocenters. The van der Waals surface area contributed by atoms with Gasteiger partial charge in [-0.25, -0.2) is 0 Å². The van der Waals surface area contributed by atoms with Gasteiger partial charge in [0, 0.05) is 43.6 Å². The lowest BCUT2D eigenvalue weighted by atomic mass is 10.1. The molecule has 21 heavy (non-hydrogen) atoms. The first-order chi connectivity index (χ1) is 10.2. The van der Waals surface area contributed by atoms with Crippen molar-refractivity contribution in [2.45, 2.75) is 19.4 Å². The lowest BCUT2D eigenvalue weighted by Crippen LogP contribution is -2.38. The lowest BCUT2D eigenvalue weighted by Gasteiger charge is -2.25. The van der Waals surface area contributed by atoms with E-state index in [2.05, 4.69) is 10.1 Å². The zero-order valence-corrected chi connectivity index (χ0v) is 12.6. The SMILES string of the molecule is NC(CCN(Cc1cccnc1)C(=O)C1CCSC1)=NO. The van der Waals surface area contributed by atoms with E-state index in [1.54, 1.807) is 17.3 Å². The molecule has 3 N–H and O–H groups in total. The molecule has 114 valence electrons. The highest BCUT2D eigenvalue weighted by atomic mass is 32.2. The number of amides is 1. The van der Waals surface area contributed by atoms with E-state index in [4.69, 9.17) is 10.9 Å². The first-order valence-electron chi connectivity index (χ1n) is 6.92. The summed E-state index contributed by atoms with van der Waals surface area (Å²) in [5, 5.41) is 11.6. The molecule has 0 bridgehead atoms. The fourth-order valence-corrected chi connectivity index (χ4v) is 3.48. The van der Waals surface area contributed by atoms with Crippen LogP contribution in [0.25, 0.3) is 0 Å². The van der Waals surface area contributed by atoms with Crippen LogP contribution >= 0.6 is 11.8 Å². The minimum Gasteiger partial charge on any atom is -0.409 e. The summed E-state index contributed by atoms with van der Waals surface area (Å²) in [6.07, 6.45) is 4.76. The van der Waals surface area contributed by atoms with Gasteiger partial charge >= 0.3 is 0 Å². The molecule has 1 fully saturated rings. The summed E-state index contributed by atoms with van der Waals surface area (Å²) in [6.45, 7) is 0.956. The molecule has 0 saturated carbocycles. The van der Waals surface area contributed by atoms with Crippen LogP contribution in [0, 0.1) is 5.92 Å². The molecule has 0 radical (unpaired) electrons. The molecular weight excluding hydrogens is 288 g/mol. The smallest absolute Gasteiger partial charge is 0.226 e. The second-order valence-electron chi connectivity index (χ2n) is 5.02. The lowest BCUT2D eigenvalue weighted by molar-refractivity contribution is -0.135. The Morgan fingerprint density at radius 1 is 1.62 bits per heavy atom. The van der Waals surface area contributed by atoms with Crippen LogP contribution in [0.1, 0.15) is 18.4 Å². The van der Waals surface area contributed by atoms with Gasteiger partial charge < -0.3 is 15.8 Å². The molecule has 7 heteroatoms. The van der Waals surface area contributed by atoms with Crippen LogP contribution in [0.15, 0.2) is 29.7 Å². The average Bonchev–Trinajstić information content (AvgIpc) is 3.05. The molecule has 1 aliphatic heterocycles. The highest BCUT2D eigenvalue weighted by Gasteiger charge is 2.27. The molecule has 1 aromatic heterocycles. The summed E-state index contributed by atoms with van der Waals surface area (Å²) < 4.78 is 0. The zero-order chi connectivity index (χ0) is 15.1. The molecule has 0 aromatic carbocycles. The number of carbonyl (C=O) groups excluding carboxylic acids is 1. The molecule has 1 aromatic rings. The number of aromatic nitrogens is 1. The van der Waals surface area contributed by atoms with Crippen molar-refractivity contribution in [1.29, 1.82) is 0 Å².